The number of rotatable bonds is 10. The highest BCUT2D eigenvalue weighted by atomic mass is 16.6. The summed E-state index contributed by atoms with van der Waals surface area (Å²) in [6, 6.07) is 0. The van der Waals surface area contributed by atoms with E-state index < -0.39 is 0 Å². The molecule has 4 bridgehead atoms. The Hall–Kier alpha value is -2.24. The molecule has 0 amide bonds. The van der Waals surface area contributed by atoms with Crippen LogP contribution in [-0.2, 0) is 9.68 Å². The molecule has 4 fully saturated rings. The summed E-state index contributed by atoms with van der Waals surface area (Å²) in [6.45, 7) is 32.5. The van der Waals surface area contributed by atoms with Crippen LogP contribution in [0.4, 0.5) is 0 Å². The molecule has 6 nitrogen and oxygen atoms in total. The van der Waals surface area contributed by atoms with Crippen molar-refractivity contribution < 1.29 is 9.68 Å². The summed E-state index contributed by atoms with van der Waals surface area (Å²) in [5, 5.41) is 9.60. The first-order valence-electron chi connectivity index (χ1n) is 18.4. The van der Waals surface area contributed by atoms with E-state index in [2.05, 4.69) is 96.9 Å². The molecule has 0 heterocycles. The predicted octanol–water partition coefficient (Wildman–Crippen LogP) is 9.88. The number of oxime groups is 2. The molecule has 4 saturated carbocycles. The second kappa shape index (κ2) is 11.7. The Morgan fingerprint density at radius 1 is 0.652 bits per heavy atom. The van der Waals surface area contributed by atoms with Crippen molar-refractivity contribution in [1.82, 2.24) is 0 Å². The monoisotopic (exact) mass is 635 g/mol. The van der Waals surface area contributed by atoms with Gasteiger partial charge in [-0.2, -0.15) is 0 Å². The van der Waals surface area contributed by atoms with E-state index in [1.54, 1.807) is 0 Å². The second-order valence-corrected chi connectivity index (χ2v) is 18.5. The summed E-state index contributed by atoms with van der Waals surface area (Å²) in [4.78, 5) is 12.9. The fourth-order valence-electron chi connectivity index (χ4n) is 10.7. The SMILES string of the molecule is CC(C)c1c(/C(N)=N/OC2CC3(C)CCC2C3(C)C)c(C(C)C)c(C(C)C)c(/C(N)=N/OC2CC3CCC2(C)C3(C)C)c1C(C)C. The van der Waals surface area contributed by atoms with Crippen LogP contribution >= 0.6 is 0 Å². The van der Waals surface area contributed by atoms with Gasteiger partial charge < -0.3 is 21.1 Å². The average molecular weight is 635 g/mol. The highest BCUT2D eigenvalue weighted by molar-refractivity contribution is 6.06. The van der Waals surface area contributed by atoms with Gasteiger partial charge in [-0.05, 0) is 107 Å². The summed E-state index contributed by atoms with van der Waals surface area (Å²) < 4.78 is 0. The molecule has 6 atom stereocenters. The van der Waals surface area contributed by atoms with Crippen LogP contribution in [0.2, 0.25) is 0 Å². The first kappa shape index (κ1) is 35.1. The molecular formula is C40H66N4O2. The Morgan fingerprint density at radius 3 is 1.43 bits per heavy atom. The van der Waals surface area contributed by atoms with Gasteiger partial charge in [-0.1, -0.05) is 107 Å². The topological polar surface area (TPSA) is 95.2 Å². The maximum Gasteiger partial charge on any atom is 0.170 e. The third-order valence-electron chi connectivity index (χ3n) is 14.3. The standard InChI is InChI=1S/C40H66N4O2/c1-21(2)29-31(23(5)6)34(36(42)44-46-28-19-25-15-18-40(28,14)37(25,9)10)32(24(7)8)30(22(3)4)33(29)35(41)43-45-27-20-39(13)17-16-26(27)38(39,11)12/h21-28H,15-20H2,1-14H3,(H2,41,43)(H2,42,44). The minimum absolute atomic E-state index is 0.0798. The maximum absolute atomic E-state index is 7.08. The van der Waals surface area contributed by atoms with Crippen LogP contribution in [0, 0.1) is 33.5 Å². The van der Waals surface area contributed by atoms with Gasteiger partial charge in [-0.15, -0.1) is 0 Å². The van der Waals surface area contributed by atoms with Gasteiger partial charge in [0.25, 0.3) is 0 Å². The molecule has 4 aliphatic carbocycles. The number of amidine groups is 2. The van der Waals surface area contributed by atoms with Crippen molar-refractivity contribution in [2.45, 2.75) is 171 Å². The molecule has 46 heavy (non-hydrogen) atoms. The zero-order chi connectivity index (χ0) is 34.3. The lowest BCUT2D eigenvalue weighted by molar-refractivity contribution is -0.0446. The average Bonchev–Trinajstić information content (AvgIpc) is 3.48. The molecule has 0 saturated heterocycles. The lowest BCUT2D eigenvalue weighted by Gasteiger charge is -2.37. The number of benzene rings is 1. The molecule has 1 aromatic rings. The van der Waals surface area contributed by atoms with Crippen LogP contribution in [-0.4, -0.2) is 23.9 Å². The zero-order valence-corrected chi connectivity index (χ0v) is 31.7. The molecule has 0 aromatic heterocycles. The van der Waals surface area contributed by atoms with Gasteiger partial charge >= 0.3 is 0 Å². The first-order chi connectivity index (χ1) is 21.2. The Kier molecular flexibility index (Phi) is 8.94. The Bertz CT molecular complexity index is 1360. The smallest absolute Gasteiger partial charge is 0.170 e. The van der Waals surface area contributed by atoms with Crippen LogP contribution in [0.3, 0.4) is 0 Å². The van der Waals surface area contributed by atoms with Crippen molar-refractivity contribution in [3.63, 3.8) is 0 Å². The number of nitrogens with zero attached hydrogens (tertiary/aromatic N) is 2. The number of nitrogens with two attached hydrogens (primary N) is 2. The van der Waals surface area contributed by atoms with E-state index in [4.69, 9.17) is 31.5 Å². The molecule has 4 aliphatic rings. The lowest BCUT2D eigenvalue weighted by atomic mass is 9.70. The van der Waals surface area contributed by atoms with E-state index in [0.29, 0.717) is 28.9 Å². The molecule has 1 aromatic carbocycles. The maximum atomic E-state index is 7.08. The van der Waals surface area contributed by atoms with E-state index >= 15 is 0 Å². The first-order valence-corrected chi connectivity index (χ1v) is 18.4. The van der Waals surface area contributed by atoms with Crippen molar-refractivity contribution in [2.24, 2.45) is 55.3 Å². The summed E-state index contributed by atoms with van der Waals surface area (Å²) in [5.74, 6) is 2.91. The minimum Gasteiger partial charge on any atom is -0.390 e. The van der Waals surface area contributed by atoms with E-state index in [0.717, 1.165) is 24.0 Å². The van der Waals surface area contributed by atoms with E-state index in [1.807, 2.05) is 0 Å². The highest BCUT2D eigenvalue weighted by Crippen LogP contribution is 2.67. The summed E-state index contributed by atoms with van der Waals surface area (Å²) in [6.07, 6.45) is 7.18. The second-order valence-electron chi connectivity index (χ2n) is 18.5. The van der Waals surface area contributed by atoms with Crippen LogP contribution < -0.4 is 11.5 Å². The quantitative estimate of drug-likeness (QED) is 0.152. The highest BCUT2D eigenvalue weighted by Gasteiger charge is 2.63. The Labute approximate surface area is 280 Å². The molecule has 6 heteroatoms. The molecule has 0 spiro atoms. The lowest BCUT2D eigenvalue weighted by Crippen LogP contribution is -2.37. The van der Waals surface area contributed by atoms with Gasteiger partial charge in [-0.3, -0.25) is 0 Å². The van der Waals surface area contributed by atoms with Crippen molar-refractivity contribution in [3.8, 4) is 0 Å². The Morgan fingerprint density at radius 2 is 1.11 bits per heavy atom. The summed E-state index contributed by atoms with van der Waals surface area (Å²) in [7, 11) is 0. The van der Waals surface area contributed by atoms with Crippen molar-refractivity contribution in [1.29, 1.82) is 0 Å². The van der Waals surface area contributed by atoms with Gasteiger partial charge in [0, 0.05) is 22.5 Å². The fourth-order valence-corrected chi connectivity index (χ4v) is 10.7. The van der Waals surface area contributed by atoms with Gasteiger partial charge in [0.2, 0.25) is 0 Å². The molecule has 258 valence electrons. The van der Waals surface area contributed by atoms with Crippen LogP contribution in [0.1, 0.15) is 193 Å². The minimum atomic E-state index is 0.0798. The van der Waals surface area contributed by atoms with Crippen LogP contribution in [0.25, 0.3) is 0 Å². The van der Waals surface area contributed by atoms with Gasteiger partial charge in [0.05, 0.1) is 0 Å². The third kappa shape index (κ3) is 5.09. The van der Waals surface area contributed by atoms with Gasteiger partial charge in [0.15, 0.2) is 11.7 Å². The Balaban J connectivity index is 1.63. The van der Waals surface area contributed by atoms with E-state index in [9.17, 15) is 0 Å². The predicted molar refractivity (Wildman–Crippen MR) is 192 cm³/mol. The van der Waals surface area contributed by atoms with E-state index in [-0.39, 0.29) is 52.1 Å². The molecule has 6 unspecified atom stereocenters. The normalized spacial score (nSPS) is 33.3. The van der Waals surface area contributed by atoms with Crippen molar-refractivity contribution >= 4 is 11.7 Å². The third-order valence-corrected chi connectivity index (χ3v) is 14.3. The van der Waals surface area contributed by atoms with Crippen LogP contribution in [0.5, 0.6) is 0 Å². The van der Waals surface area contributed by atoms with Crippen molar-refractivity contribution in [2.75, 3.05) is 0 Å². The fraction of sp³-hybridized carbons (Fsp3) is 0.800. The molecule has 0 aliphatic heterocycles. The molecule has 4 N–H and O–H groups in total. The number of hydrogen-bond acceptors (Lipinski definition) is 4. The zero-order valence-electron chi connectivity index (χ0n) is 31.7. The molecule has 5 rings (SSSR count). The van der Waals surface area contributed by atoms with Gasteiger partial charge in [0.1, 0.15) is 12.2 Å². The summed E-state index contributed by atoms with van der Waals surface area (Å²) in [5.41, 5.74) is 21.9. The number of fused-ring (bicyclic) bond motifs is 4. The molecule has 0 radical (unpaired) electrons. The van der Waals surface area contributed by atoms with E-state index in [1.165, 1.54) is 47.9 Å². The number of hydrogen-bond donors (Lipinski definition) is 2. The van der Waals surface area contributed by atoms with Crippen LogP contribution in [0.15, 0.2) is 10.3 Å². The molecular weight excluding hydrogens is 568 g/mol. The largest absolute Gasteiger partial charge is 0.390 e. The van der Waals surface area contributed by atoms with Gasteiger partial charge in [-0.25, -0.2) is 0 Å². The van der Waals surface area contributed by atoms with Crippen molar-refractivity contribution in [3.05, 3.63) is 33.4 Å². The summed E-state index contributed by atoms with van der Waals surface area (Å²) >= 11 is 0.